The number of amides is 1. The van der Waals surface area contributed by atoms with Gasteiger partial charge in [0.1, 0.15) is 16.8 Å². The molecule has 0 aliphatic heterocycles. The molecule has 0 radical (unpaired) electrons. The van der Waals surface area contributed by atoms with Gasteiger partial charge in [0.15, 0.2) is 5.60 Å². The number of halogens is 3. The molecular formula is C29H32Cl2FN3O2. The quantitative estimate of drug-likeness (QED) is 0.298. The number of pyridine rings is 1. The van der Waals surface area contributed by atoms with Crippen LogP contribution in [-0.4, -0.2) is 32.9 Å². The Balaban J connectivity index is 1.20. The zero-order valence-electron chi connectivity index (χ0n) is 21.1. The van der Waals surface area contributed by atoms with Gasteiger partial charge in [-0.15, -0.1) is 23.2 Å². The van der Waals surface area contributed by atoms with Crippen molar-refractivity contribution in [3.8, 4) is 5.75 Å². The van der Waals surface area contributed by atoms with Crippen molar-refractivity contribution in [2.45, 2.75) is 80.6 Å². The number of alkyl halides is 3. The van der Waals surface area contributed by atoms with Crippen LogP contribution in [0.1, 0.15) is 63.1 Å². The Labute approximate surface area is 227 Å². The number of nitrogens with one attached hydrogen (secondary N) is 2. The van der Waals surface area contributed by atoms with Crippen LogP contribution in [0.15, 0.2) is 54.6 Å². The van der Waals surface area contributed by atoms with E-state index >= 15 is 0 Å². The maximum atomic E-state index is 13.4. The second-order valence-electron chi connectivity index (χ2n) is 10.7. The molecule has 8 heteroatoms. The molecule has 3 aromatic rings. The van der Waals surface area contributed by atoms with Crippen molar-refractivity contribution < 1.29 is 13.9 Å². The number of hydrogen-bond donors (Lipinski definition) is 2. The number of ether oxygens (including phenoxy) is 1. The number of carbonyl (C=O) groups is 1. The number of para-hydroxylation sites is 1. The van der Waals surface area contributed by atoms with Crippen LogP contribution in [0.25, 0.3) is 10.9 Å². The second kappa shape index (κ2) is 10.3. The minimum Gasteiger partial charge on any atom is -0.478 e. The Morgan fingerprint density at radius 1 is 1.14 bits per heavy atom. The standard InChI is InChI=1S/C29H32Cl2FN3O2/c1-28(2,37-22-12-10-18(11-13-22)24-16-29(24,30)31)27(36)35-20-7-5-6-19(14-20)33-26-15-21(17-32)34-25-9-4-3-8-23(25)26/h3-4,8-13,15,19-20,24H,5-7,14,16-17H2,1-2H3,(H,33,34)(H,35,36)/t19-,20+,24?/m0/s1. The average molecular weight is 544 g/mol. The van der Waals surface area contributed by atoms with Gasteiger partial charge in [0.25, 0.3) is 5.91 Å². The number of hydrogen-bond acceptors (Lipinski definition) is 4. The molecule has 3 atom stereocenters. The fraction of sp³-hybridized carbons (Fsp3) is 0.448. The summed E-state index contributed by atoms with van der Waals surface area (Å²) < 4.78 is 18.8. The molecular weight excluding hydrogens is 512 g/mol. The third kappa shape index (κ3) is 5.96. The largest absolute Gasteiger partial charge is 0.478 e. The number of fused-ring (bicyclic) bond motifs is 1. The highest BCUT2D eigenvalue weighted by Crippen LogP contribution is 2.59. The Hall–Kier alpha value is -2.57. The maximum Gasteiger partial charge on any atom is 0.263 e. The molecule has 196 valence electrons. The highest BCUT2D eigenvalue weighted by atomic mass is 35.5. The fourth-order valence-electron chi connectivity index (χ4n) is 5.13. The summed E-state index contributed by atoms with van der Waals surface area (Å²) in [5, 5.41) is 7.76. The summed E-state index contributed by atoms with van der Waals surface area (Å²) >= 11 is 12.4. The molecule has 0 spiro atoms. The molecule has 2 fully saturated rings. The molecule has 1 heterocycles. The molecule has 37 heavy (non-hydrogen) atoms. The molecule has 5 rings (SSSR count). The van der Waals surface area contributed by atoms with Crippen LogP contribution in [-0.2, 0) is 11.5 Å². The first kappa shape index (κ1) is 26.1. The first-order chi connectivity index (χ1) is 17.6. The van der Waals surface area contributed by atoms with Crippen LogP contribution < -0.4 is 15.4 Å². The van der Waals surface area contributed by atoms with E-state index in [-0.39, 0.29) is 23.9 Å². The van der Waals surface area contributed by atoms with E-state index in [1.165, 1.54) is 0 Å². The number of anilines is 1. The summed E-state index contributed by atoms with van der Waals surface area (Å²) in [5.41, 5.74) is 2.10. The topological polar surface area (TPSA) is 63.2 Å². The molecule has 5 nitrogen and oxygen atoms in total. The monoisotopic (exact) mass is 543 g/mol. The van der Waals surface area contributed by atoms with Crippen molar-refractivity contribution >= 4 is 45.7 Å². The molecule has 1 unspecified atom stereocenters. The van der Waals surface area contributed by atoms with Gasteiger partial charge in [-0.3, -0.25) is 4.79 Å². The number of rotatable bonds is 8. The molecule has 2 saturated carbocycles. The summed E-state index contributed by atoms with van der Waals surface area (Å²) in [5.74, 6) is 0.609. The number of carbonyl (C=O) groups excluding carboxylic acids is 1. The highest BCUT2D eigenvalue weighted by Gasteiger charge is 2.52. The highest BCUT2D eigenvalue weighted by molar-refractivity contribution is 6.51. The molecule has 0 saturated heterocycles. The van der Waals surface area contributed by atoms with Crippen molar-refractivity contribution in [1.82, 2.24) is 10.3 Å². The van der Waals surface area contributed by atoms with Gasteiger partial charge in [0.2, 0.25) is 0 Å². The molecule has 1 amide bonds. The summed E-state index contributed by atoms with van der Waals surface area (Å²) in [6.45, 7) is 2.95. The van der Waals surface area contributed by atoms with Crippen molar-refractivity contribution in [2.24, 2.45) is 0 Å². The normalized spacial score (nSPS) is 22.9. The fourth-order valence-corrected chi connectivity index (χ4v) is 5.69. The average Bonchev–Trinajstić information content (AvgIpc) is 3.52. The maximum absolute atomic E-state index is 13.4. The van der Waals surface area contributed by atoms with E-state index in [1.807, 2.05) is 48.5 Å². The van der Waals surface area contributed by atoms with E-state index in [0.717, 1.165) is 54.3 Å². The van der Waals surface area contributed by atoms with Crippen LogP contribution in [0.5, 0.6) is 5.75 Å². The predicted octanol–water partition coefficient (Wildman–Crippen LogP) is 7.06. The van der Waals surface area contributed by atoms with E-state index < -0.39 is 16.6 Å². The van der Waals surface area contributed by atoms with Crippen molar-refractivity contribution in [2.75, 3.05) is 5.32 Å². The lowest BCUT2D eigenvalue weighted by atomic mass is 9.90. The Morgan fingerprint density at radius 2 is 1.84 bits per heavy atom. The minimum atomic E-state index is -1.04. The summed E-state index contributed by atoms with van der Waals surface area (Å²) in [4.78, 5) is 17.6. The van der Waals surface area contributed by atoms with E-state index in [1.54, 1.807) is 19.9 Å². The van der Waals surface area contributed by atoms with Crippen LogP contribution in [0.2, 0.25) is 0 Å². The number of benzene rings is 2. The van der Waals surface area contributed by atoms with E-state index in [0.29, 0.717) is 11.4 Å². The van der Waals surface area contributed by atoms with Crippen LogP contribution in [0.3, 0.4) is 0 Å². The van der Waals surface area contributed by atoms with Gasteiger partial charge in [0.05, 0.1) is 11.2 Å². The van der Waals surface area contributed by atoms with Crippen LogP contribution >= 0.6 is 23.2 Å². The number of nitrogens with zero attached hydrogens (tertiary/aromatic N) is 1. The lowest BCUT2D eigenvalue weighted by Gasteiger charge is -2.34. The van der Waals surface area contributed by atoms with Crippen molar-refractivity contribution in [1.29, 1.82) is 0 Å². The van der Waals surface area contributed by atoms with Gasteiger partial charge >= 0.3 is 0 Å². The first-order valence-electron chi connectivity index (χ1n) is 12.8. The molecule has 2 N–H and O–H groups in total. The Kier molecular flexibility index (Phi) is 7.25. The first-order valence-corrected chi connectivity index (χ1v) is 13.6. The smallest absolute Gasteiger partial charge is 0.263 e. The van der Waals surface area contributed by atoms with E-state index in [2.05, 4.69) is 15.6 Å². The van der Waals surface area contributed by atoms with Crippen LogP contribution in [0.4, 0.5) is 10.1 Å². The van der Waals surface area contributed by atoms with Gasteiger partial charge in [-0.05, 0) is 75.8 Å². The van der Waals surface area contributed by atoms with Crippen LogP contribution in [0, 0.1) is 0 Å². The minimum absolute atomic E-state index is 0.0215. The molecule has 1 aromatic heterocycles. The molecule has 0 bridgehead atoms. The van der Waals surface area contributed by atoms with Gasteiger partial charge < -0.3 is 15.4 Å². The van der Waals surface area contributed by atoms with Gasteiger partial charge in [-0.1, -0.05) is 30.3 Å². The van der Waals surface area contributed by atoms with Crippen molar-refractivity contribution in [3.63, 3.8) is 0 Å². The van der Waals surface area contributed by atoms with Gasteiger partial charge in [0, 0.05) is 29.1 Å². The zero-order valence-corrected chi connectivity index (χ0v) is 22.6. The Bertz CT molecular complexity index is 1280. The second-order valence-corrected chi connectivity index (χ2v) is 12.2. The third-order valence-electron chi connectivity index (χ3n) is 7.30. The molecule has 2 aliphatic rings. The SMILES string of the molecule is CC(C)(Oc1ccc(C2CC2(Cl)Cl)cc1)C(=O)N[C@@H]1CCC[C@H](Nc2cc(CF)nc3ccccc23)C1. The van der Waals surface area contributed by atoms with E-state index in [4.69, 9.17) is 27.9 Å². The Morgan fingerprint density at radius 3 is 2.54 bits per heavy atom. The summed E-state index contributed by atoms with van der Waals surface area (Å²) in [6.07, 6.45) is 4.39. The summed E-state index contributed by atoms with van der Waals surface area (Å²) in [7, 11) is 0. The lowest BCUT2D eigenvalue weighted by molar-refractivity contribution is -0.135. The number of aromatic nitrogens is 1. The summed E-state index contributed by atoms with van der Waals surface area (Å²) in [6, 6.07) is 17.3. The molecule has 2 aliphatic carbocycles. The zero-order chi connectivity index (χ0) is 26.2. The van der Waals surface area contributed by atoms with Gasteiger partial charge in [-0.2, -0.15) is 0 Å². The predicted molar refractivity (Wildman–Crippen MR) is 147 cm³/mol. The van der Waals surface area contributed by atoms with Gasteiger partial charge in [-0.25, -0.2) is 9.37 Å². The molecule has 2 aromatic carbocycles. The lowest BCUT2D eigenvalue weighted by Crippen LogP contribution is -2.51. The third-order valence-corrected chi connectivity index (χ3v) is 8.14. The van der Waals surface area contributed by atoms with Crippen molar-refractivity contribution in [3.05, 3.63) is 65.9 Å². The van der Waals surface area contributed by atoms with E-state index in [9.17, 15) is 9.18 Å².